The molecule has 5 heteroatoms. The zero-order valence-corrected chi connectivity index (χ0v) is 12.0. The van der Waals surface area contributed by atoms with Crippen LogP contribution in [0.1, 0.15) is 15.9 Å². The van der Waals surface area contributed by atoms with Crippen LogP contribution in [0, 0.1) is 0 Å². The van der Waals surface area contributed by atoms with Crippen LogP contribution in [0.3, 0.4) is 0 Å². The average molecular weight is 305 g/mol. The van der Waals surface area contributed by atoms with Gasteiger partial charge in [0.1, 0.15) is 5.75 Å². The molecule has 21 heavy (non-hydrogen) atoms. The number of rotatable bonds is 2. The van der Waals surface area contributed by atoms with Crippen molar-refractivity contribution in [1.29, 1.82) is 0 Å². The Bertz CT molecular complexity index is 700. The summed E-state index contributed by atoms with van der Waals surface area (Å²) < 4.78 is 11.2. The summed E-state index contributed by atoms with van der Waals surface area (Å²) in [6, 6.07) is 13.4. The molecule has 0 bridgehead atoms. The Kier molecular flexibility index (Phi) is 3.45. The normalized spacial score (nSPS) is 24.3. The molecule has 2 unspecified atom stereocenters. The smallest absolute Gasteiger partial charge is 0.270 e. The van der Waals surface area contributed by atoms with Crippen molar-refractivity contribution >= 4 is 17.4 Å². The lowest BCUT2D eigenvalue weighted by molar-refractivity contribution is -0.223. The molecule has 0 saturated carbocycles. The van der Waals surface area contributed by atoms with Crippen LogP contribution < -0.4 is 4.74 Å². The van der Waals surface area contributed by atoms with Gasteiger partial charge in [-0.15, -0.1) is 0 Å². The first-order valence-corrected chi connectivity index (χ1v) is 6.78. The Morgan fingerprint density at radius 1 is 1.24 bits per heavy atom. The number of aliphatic hydroxyl groups is 1. The molecule has 1 N–H and O–H groups in total. The summed E-state index contributed by atoms with van der Waals surface area (Å²) in [5.74, 6) is -1.68. The molecule has 0 aliphatic carbocycles. The molecule has 4 nitrogen and oxygen atoms in total. The molecule has 2 aromatic rings. The number of hydrogen-bond donors (Lipinski definition) is 1. The van der Waals surface area contributed by atoms with E-state index in [2.05, 4.69) is 0 Å². The van der Waals surface area contributed by atoms with Crippen LogP contribution in [0.2, 0.25) is 5.02 Å². The second-order valence-corrected chi connectivity index (χ2v) is 5.18. The molecule has 1 heterocycles. The van der Waals surface area contributed by atoms with E-state index < -0.39 is 17.7 Å². The second kappa shape index (κ2) is 5.15. The fourth-order valence-corrected chi connectivity index (χ4v) is 2.68. The van der Waals surface area contributed by atoms with Crippen molar-refractivity contribution in [2.45, 2.75) is 11.9 Å². The number of ketones is 1. The summed E-state index contributed by atoms with van der Waals surface area (Å²) in [4.78, 5) is 12.4. The van der Waals surface area contributed by atoms with E-state index in [1.165, 1.54) is 7.11 Å². The van der Waals surface area contributed by atoms with Crippen LogP contribution in [0.5, 0.6) is 5.75 Å². The van der Waals surface area contributed by atoms with Gasteiger partial charge in [-0.2, -0.15) is 0 Å². The fraction of sp³-hybridized carbons (Fsp3) is 0.188. The van der Waals surface area contributed by atoms with Crippen molar-refractivity contribution in [2.75, 3.05) is 7.11 Å². The number of para-hydroxylation sites is 1. The average Bonchev–Trinajstić information content (AvgIpc) is 2.51. The summed E-state index contributed by atoms with van der Waals surface area (Å²) in [5.41, 5.74) is 0.813. The van der Waals surface area contributed by atoms with Crippen LogP contribution >= 0.6 is 11.6 Å². The molecule has 0 fully saturated rings. The fourth-order valence-electron chi connectivity index (χ4n) is 2.49. The first-order chi connectivity index (χ1) is 10.1. The number of ether oxygens (including phenoxy) is 2. The number of hydrogen-bond acceptors (Lipinski definition) is 4. The molecular weight excluding hydrogens is 292 g/mol. The lowest BCUT2D eigenvalue weighted by Gasteiger charge is -2.40. The molecule has 0 spiro atoms. The number of fused-ring (bicyclic) bond motifs is 1. The Labute approximate surface area is 126 Å². The molecular formula is C16H13ClO4. The summed E-state index contributed by atoms with van der Waals surface area (Å²) in [7, 11) is 1.38. The van der Waals surface area contributed by atoms with Gasteiger partial charge in [-0.3, -0.25) is 4.79 Å². The van der Waals surface area contributed by atoms with Gasteiger partial charge in [0.2, 0.25) is 5.78 Å². The first kappa shape index (κ1) is 14.1. The predicted octanol–water partition coefficient (Wildman–Crippen LogP) is 2.78. The van der Waals surface area contributed by atoms with E-state index in [1.54, 1.807) is 48.5 Å². The quantitative estimate of drug-likeness (QED) is 0.927. The van der Waals surface area contributed by atoms with E-state index in [1.807, 2.05) is 0 Å². The highest BCUT2D eigenvalue weighted by atomic mass is 35.5. The molecule has 3 rings (SSSR count). The van der Waals surface area contributed by atoms with Gasteiger partial charge >= 0.3 is 0 Å². The predicted molar refractivity (Wildman–Crippen MR) is 77.5 cm³/mol. The van der Waals surface area contributed by atoms with E-state index in [9.17, 15) is 9.90 Å². The standard InChI is InChI=1S/C16H13ClO4/c1-20-16(10-5-4-6-11(17)9-10)15(19)14(18)12-7-2-3-8-13(12)21-16/h2-9,15,19H,1H3. The minimum atomic E-state index is -1.60. The Morgan fingerprint density at radius 3 is 2.71 bits per heavy atom. The molecule has 0 radical (unpaired) electrons. The maximum Gasteiger partial charge on any atom is 0.270 e. The third kappa shape index (κ3) is 2.12. The third-order valence-corrected chi connectivity index (χ3v) is 3.79. The molecule has 2 aromatic carbocycles. The van der Waals surface area contributed by atoms with E-state index in [0.717, 1.165) is 0 Å². The van der Waals surface area contributed by atoms with Gasteiger partial charge in [-0.05, 0) is 24.3 Å². The Morgan fingerprint density at radius 2 is 2.00 bits per heavy atom. The van der Waals surface area contributed by atoms with Gasteiger partial charge in [0, 0.05) is 17.7 Å². The van der Waals surface area contributed by atoms with Crippen LogP contribution in [0.15, 0.2) is 48.5 Å². The number of carbonyl (C=O) groups excluding carboxylic acids is 1. The molecule has 1 aliphatic rings. The van der Waals surface area contributed by atoms with Gasteiger partial charge in [0.25, 0.3) is 5.79 Å². The maximum atomic E-state index is 12.4. The van der Waals surface area contributed by atoms with Crippen molar-refractivity contribution in [3.8, 4) is 5.75 Å². The summed E-state index contributed by atoms with van der Waals surface area (Å²) >= 11 is 5.99. The molecule has 1 aliphatic heterocycles. The van der Waals surface area contributed by atoms with Crippen LogP contribution in [0.25, 0.3) is 0 Å². The van der Waals surface area contributed by atoms with Crippen molar-refractivity contribution in [2.24, 2.45) is 0 Å². The maximum absolute atomic E-state index is 12.4. The molecule has 0 aromatic heterocycles. The number of carbonyl (C=O) groups is 1. The van der Waals surface area contributed by atoms with E-state index in [4.69, 9.17) is 21.1 Å². The second-order valence-electron chi connectivity index (χ2n) is 4.75. The topological polar surface area (TPSA) is 55.8 Å². The van der Waals surface area contributed by atoms with Gasteiger partial charge < -0.3 is 14.6 Å². The highest BCUT2D eigenvalue weighted by Crippen LogP contribution is 2.40. The third-order valence-electron chi connectivity index (χ3n) is 3.55. The summed E-state index contributed by atoms with van der Waals surface area (Å²) in [6.45, 7) is 0. The number of benzene rings is 2. The van der Waals surface area contributed by atoms with E-state index in [0.29, 0.717) is 21.9 Å². The van der Waals surface area contributed by atoms with E-state index >= 15 is 0 Å². The van der Waals surface area contributed by atoms with Crippen LogP contribution in [-0.2, 0) is 10.5 Å². The van der Waals surface area contributed by atoms with Crippen molar-refractivity contribution in [3.63, 3.8) is 0 Å². The number of Topliss-reactive ketones (excluding diaryl/α,β-unsaturated/α-hetero) is 1. The number of methoxy groups -OCH3 is 1. The molecule has 0 amide bonds. The molecule has 108 valence electrons. The zero-order valence-electron chi connectivity index (χ0n) is 11.2. The minimum Gasteiger partial charge on any atom is -0.454 e. The van der Waals surface area contributed by atoms with Crippen molar-refractivity contribution in [1.82, 2.24) is 0 Å². The largest absolute Gasteiger partial charge is 0.454 e. The van der Waals surface area contributed by atoms with Gasteiger partial charge in [-0.1, -0.05) is 35.9 Å². The van der Waals surface area contributed by atoms with Crippen LogP contribution in [-0.4, -0.2) is 24.1 Å². The zero-order chi connectivity index (χ0) is 15.0. The lowest BCUT2D eigenvalue weighted by Crippen LogP contribution is -2.53. The van der Waals surface area contributed by atoms with Crippen molar-refractivity contribution < 1.29 is 19.4 Å². The summed E-state index contributed by atoms with van der Waals surface area (Å²) in [6.07, 6.45) is -1.48. The highest BCUT2D eigenvalue weighted by molar-refractivity contribution is 6.30. The summed E-state index contributed by atoms with van der Waals surface area (Å²) in [5, 5.41) is 10.9. The minimum absolute atomic E-state index is 0.333. The molecule has 2 atom stereocenters. The van der Waals surface area contributed by atoms with Crippen molar-refractivity contribution in [3.05, 3.63) is 64.7 Å². The van der Waals surface area contributed by atoms with Crippen LogP contribution in [0.4, 0.5) is 0 Å². The van der Waals surface area contributed by atoms with E-state index in [-0.39, 0.29) is 0 Å². The van der Waals surface area contributed by atoms with Gasteiger partial charge in [-0.25, -0.2) is 0 Å². The lowest BCUT2D eigenvalue weighted by atomic mass is 9.90. The Balaban J connectivity index is 2.18. The number of halogens is 1. The van der Waals surface area contributed by atoms with Gasteiger partial charge in [0.15, 0.2) is 6.10 Å². The number of aliphatic hydroxyl groups excluding tert-OH is 1. The highest BCUT2D eigenvalue weighted by Gasteiger charge is 2.51. The molecule has 0 saturated heterocycles. The SMILES string of the molecule is COC1(c2cccc(Cl)c2)Oc2ccccc2C(=O)C1O. The first-order valence-electron chi connectivity index (χ1n) is 6.40. The van der Waals surface area contributed by atoms with Gasteiger partial charge in [0.05, 0.1) is 5.56 Å². The monoisotopic (exact) mass is 304 g/mol. The Hall–Kier alpha value is -1.88.